The molecular weight excluding hydrogens is 444 g/mol. The second-order valence-corrected chi connectivity index (χ2v) is 9.35. The lowest BCUT2D eigenvalue weighted by Crippen LogP contribution is -2.24. The molecule has 7 heteroatoms. The van der Waals surface area contributed by atoms with Crippen LogP contribution in [0.3, 0.4) is 0 Å². The minimum absolute atomic E-state index is 0.147. The van der Waals surface area contributed by atoms with Gasteiger partial charge in [-0.15, -0.1) is 0 Å². The van der Waals surface area contributed by atoms with Crippen LogP contribution in [-0.4, -0.2) is 29.0 Å². The molecule has 2 aromatic heterocycles. The molecule has 1 saturated carbocycles. The van der Waals surface area contributed by atoms with Gasteiger partial charge in [-0.1, -0.05) is 72.4 Å². The molecule has 0 atom stereocenters. The van der Waals surface area contributed by atoms with Gasteiger partial charge in [-0.3, -0.25) is 4.79 Å². The second kappa shape index (κ2) is 10.1. The predicted molar refractivity (Wildman–Crippen MR) is 135 cm³/mol. The monoisotopic (exact) mass is 470 g/mol. The number of carbonyl (C=O) groups excluding carboxylic acids is 1. The van der Waals surface area contributed by atoms with Crippen LogP contribution in [-0.2, 0) is 12.3 Å². The van der Waals surface area contributed by atoms with E-state index in [-0.39, 0.29) is 5.91 Å². The lowest BCUT2D eigenvalue weighted by Gasteiger charge is -2.19. The molecular formula is C27H26N4O2S. The quantitative estimate of drug-likeness (QED) is 0.255. The van der Waals surface area contributed by atoms with E-state index in [4.69, 9.17) is 14.4 Å². The number of aromatic nitrogens is 2. The van der Waals surface area contributed by atoms with E-state index in [1.165, 1.54) is 17.3 Å². The Morgan fingerprint density at radius 1 is 1.03 bits per heavy atom. The maximum Gasteiger partial charge on any atom is 0.287 e. The highest BCUT2D eigenvalue weighted by Crippen LogP contribution is 2.28. The number of amides is 1. The van der Waals surface area contributed by atoms with Gasteiger partial charge in [0.05, 0.1) is 11.4 Å². The van der Waals surface area contributed by atoms with Crippen LogP contribution < -0.4 is 10.2 Å². The van der Waals surface area contributed by atoms with Crippen molar-refractivity contribution in [3.8, 4) is 11.3 Å². The van der Waals surface area contributed by atoms with Gasteiger partial charge in [0.25, 0.3) is 5.91 Å². The molecule has 0 saturated heterocycles. The van der Waals surface area contributed by atoms with E-state index in [1.807, 2.05) is 55.6 Å². The highest BCUT2D eigenvalue weighted by Gasteiger charge is 2.25. The van der Waals surface area contributed by atoms with E-state index in [0.29, 0.717) is 22.7 Å². The van der Waals surface area contributed by atoms with E-state index < -0.39 is 0 Å². The van der Waals surface area contributed by atoms with Crippen molar-refractivity contribution >= 4 is 23.5 Å². The lowest BCUT2D eigenvalue weighted by atomic mass is 10.1. The molecule has 1 fully saturated rings. The molecule has 4 aromatic rings. The van der Waals surface area contributed by atoms with Crippen LogP contribution in [0.1, 0.15) is 34.7 Å². The van der Waals surface area contributed by atoms with Crippen LogP contribution in [0.25, 0.3) is 11.3 Å². The van der Waals surface area contributed by atoms with Gasteiger partial charge in [-0.2, -0.15) is 0 Å². The molecule has 0 radical (unpaired) electrons. The van der Waals surface area contributed by atoms with Gasteiger partial charge >= 0.3 is 0 Å². The van der Waals surface area contributed by atoms with Crippen LogP contribution in [0.4, 0.5) is 5.82 Å². The summed E-state index contributed by atoms with van der Waals surface area (Å²) in [4.78, 5) is 24.0. The third-order valence-corrected chi connectivity index (χ3v) is 6.43. The zero-order chi connectivity index (χ0) is 23.3. The summed E-state index contributed by atoms with van der Waals surface area (Å²) in [5, 5.41) is 3.62. The molecule has 1 aliphatic carbocycles. The standard InChI is InChI=1S/C27H26N4O2S/c1-31(17-19-8-4-2-5-9-19)25-16-23(20-10-6-3-7-11-20)29-27(30-25)34-18-22-14-15-24(33-22)26(32)28-21-12-13-21/h2-11,14-16,21H,12-13,17-18H2,1H3,(H,28,32). The number of carbonyl (C=O) groups is 1. The van der Waals surface area contributed by atoms with E-state index in [0.717, 1.165) is 42.2 Å². The zero-order valence-electron chi connectivity index (χ0n) is 19.0. The van der Waals surface area contributed by atoms with Crippen molar-refractivity contribution in [3.63, 3.8) is 0 Å². The molecule has 0 unspecified atom stereocenters. The SMILES string of the molecule is CN(Cc1ccccc1)c1cc(-c2ccccc2)nc(SCc2ccc(C(=O)NC3CC3)o2)n1. The number of nitrogens with zero attached hydrogens (tertiary/aromatic N) is 3. The second-order valence-electron chi connectivity index (χ2n) is 8.40. The summed E-state index contributed by atoms with van der Waals surface area (Å²) in [6.07, 6.45) is 2.09. The Kier molecular flexibility index (Phi) is 6.62. The summed E-state index contributed by atoms with van der Waals surface area (Å²) in [7, 11) is 2.04. The number of hydrogen-bond acceptors (Lipinski definition) is 6. The van der Waals surface area contributed by atoms with E-state index in [1.54, 1.807) is 6.07 Å². The smallest absolute Gasteiger partial charge is 0.287 e. The molecule has 0 spiro atoms. The fourth-order valence-electron chi connectivity index (χ4n) is 3.57. The van der Waals surface area contributed by atoms with Gasteiger partial charge < -0.3 is 14.6 Å². The summed E-state index contributed by atoms with van der Waals surface area (Å²) in [5.41, 5.74) is 3.13. The first kappa shape index (κ1) is 22.2. The Balaban J connectivity index is 1.34. The van der Waals surface area contributed by atoms with Gasteiger partial charge in [0.15, 0.2) is 10.9 Å². The van der Waals surface area contributed by atoms with Crippen molar-refractivity contribution < 1.29 is 9.21 Å². The first-order chi connectivity index (χ1) is 16.6. The predicted octanol–water partition coefficient (Wildman–Crippen LogP) is 5.56. The minimum Gasteiger partial charge on any atom is -0.455 e. The van der Waals surface area contributed by atoms with Gasteiger partial charge in [0.2, 0.25) is 0 Å². The first-order valence-electron chi connectivity index (χ1n) is 11.4. The Labute approximate surface area is 203 Å². The van der Waals surface area contributed by atoms with Crippen molar-refractivity contribution in [3.05, 3.63) is 95.9 Å². The van der Waals surface area contributed by atoms with Gasteiger partial charge in [0.1, 0.15) is 11.6 Å². The molecule has 0 bridgehead atoms. The number of anilines is 1. The van der Waals surface area contributed by atoms with Crippen LogP contribution in [0.15, 0.2) is 88.4 Å². The topological polar surface area (TPSA) is 71.3 Å². The highest BCUT2D eigenvalue weighted by atomic mass is 32.2. The Morgan fingerprint density at radius 3 is 2.50 bits per heavy atom. The molecule has 2 heterocycles. The van der Waals surface area contributed by atoms with Crippen LogP contribution in [0.2, 0.25) is 0 Å². The van der Waals surface area contributed by atoms with Crippen molar-refractivity contribution in [2.24, 2.45) is 0 Å². The minimum atomic E-state index is -0.147. The fourth-order valence-corrected chi connectivity index (χ4v) is 4.31. The maximum absolute atomic E-state index is 12.2. The van der Waals surface area contributed by atoms with Gasteiger partial charge in [-0.05, 0) is 30.5 Å². The average molecular weight is 471 g/mol. The fraction of sp³-hybridized carbons (Fsp3) is 0.222. The lowest BCUT2D eigenvalue weighted by molar-refractivity contribution is 0.0922. The largest absolute Gasteiger partial charge is 0.455 e. The molecule has 6 nitrogen and oxygen atoms in total. The normalized spacial score (nSPS) is 13.0. The summed E-state index contributed by atoms with van der Waals surface area (Å²) < 4.78 is 5.77. The zero-order valence-corrected chi connectivity index (χ0v) is 19.8. The third-order valence-electron chi connectivity index (χ3n) is 5.56. The summed E-state index contributed by atoms with van der Waals surface area (Å²) in [5.74, 6) is 2.32. The number of furan rings is 1. The van der Waals surface area contributed by atoms with Crippen LogP contribution >= 0.6 is 11.8 Å². The van der Waals surface area contributed by atoms with Crippen molar-refractivity contribution in [1.82, 2.24) is 15.3 Å². The highest BCUT2D eigenvalue weighted by molar-refractivity contribution is 7.98. The average Bonchev–Trinajstić information content (AvgIpc) is 3.56. The number of nitrogens with one attached hydrogen (secondary N) is 1. The van der Waals surface area contributed by atoms with Crippen molar-refractivity contribution in [2.75, 3.05) is 11.9 Å². The number of benzene rings is 2. The third kappa shape index (κ3) is 5.66. The maximum atomic E-state index is 12.2. The molecule has 2 aromatic carbocycles. The number of thioether (sulfide) groups is 1. The van der Waals surface area contributed by atoms with Crippen molar-refractivity contribution in [1.29, 1.82) is 0 Å². The van der Waals surface area contributed by atoms with Gasteiger partial charge in [0, 0.05) is 31.3 Å². The molecule has 1 aliphatic rings. The van der Waals surface area contributed by atoms with Gasteiger partial charge in [-0.25, -0.2) is 9.97 Å². The summed E-state index contributed by atoms with van der Waals surface area (Å²) in [6, 6.07) is 26.3. The number of rotatable bonds is 9. The molecule has 1 amide bonds. The molecule has 5 rings (SSSR count). The molecule has 0 aliphatic heterocycles. The summed E-state index contributed by atoms with van der Waals surface area (Å²) >= 11 is 1.50. The summed E-state index contributed by atoms with van der Waals surface area (Å²) in [6.45, 7) is 0.744. The van der Waals surface area contributed by atoms with E-state index in [9.17, 15) is 4.79 Å². The molecule has 34 heavy (non-hydrogen) atoms. The van der Waals surface area contributed by atoms with Crippen LogP contribution in [0.5, 0.6) is 0 Å². The van der Waals surface area contributed by atoms with Crippen molar-refractivity contribution in [2.45, 2.75) is 36.3 Å². The van der Waals surface area contributed by atoms with Crippen LogP contribution in [0, 0.1) is 0 Å². The number of hydrogen-bond donors (Lipinski definition) is 1. The Bertz CT molecular complexity index is 1260. The molecule has 172 valence electrons. The Hall–Kier alpha value is -3.58. The van der Waals surface area contributed by atoms with E-state index in [2.05, 4.69) is 34.5 Å². The molecule has 1 N–H and O–H groups in total. The first-order valence-corrected chi connectivity index (χ1v) is 12.3. The Morgan fingerprint density at radius 2 is 1.76 bits per heavy atom. The van der Waals surface area contributed by atoms with E-state index >= 15 is 0 Å².